The van der Waals surface area contributed by atoms with Crippen molar-refractivity contribution in [1.29, 1.82) is 0 Å². The summed E-state index contributed by atoms with van der Waals surface area (Å²) < 4.78 is 44.0. The first kappa shape index (κ1) is 68.7. The number of fused-ring (bicyclic) bond motifs is 3. The number of allylic oxidation sites excluding steroid dienone is 6. The first-order chi connectivity index (χ1) is 41.7. The lowest BCUT2D eigenvalue weighted by Gasteiger charge is -2.42. The molecule has 3 aromatic carbocycles. The van der Waals surface area contributed by atoms with Crippen molar-refractivity contribution in [3.05, 3.63) is 155 Å². The Morgan fingerprint density at radius 1 is 0.713 bits per heavy atom. The van der Waals surface area contributed by atoms with Gasteiger partial charge in [-0.05, 0) is 124 Å². The number of nitrogens with zero attached hydrogens (tertiary/aromatic N) is 1. The molecular formula is C72H97NO14. The van der Waals surface area contributed by atoms with Crippen LogP contribution in [0.15, 0.2) is 139 Å². The second-order valence-electron chi connectivity index (χ2n) is 25.1. The quantitative estimate of drug-likeness (QED) is 0.0509. The topological polar surface area (TPSA) is 194 Å². The van der Waals surface area contributed by atoms with Gasteiger partial charge in [0.1, 0.15) is 35.7 Å². The third-order valence-corrected chi connectivity index (χ3v) is 18.7. The smallest absolute Gasteiger partial charge is 0.329 e. The number of benzene rings is 3. The number of rotatable bonds is 14. The number of Topliss-reactive ketones (excluding diaryl/α,β-unsaturated/α-hetero) is 3. The largest absolute Gasteiger partial charge is 0.460 e. The number of ketones is 3. The molecule has 2 N–H and O–H groups in total. The van der Waals surface area contributed by atoms with Gasteiger partial charge in [-0.2, -0.15) is 0 Å². The zero-order chi connectivity index (χ0) is 62.8. The fourth-order valence-corrected chi connectivity index (χ4v) is 13.5. The summed E-state index contributed by atoms with van der Waals surface area (Å²) in [6.45, 7) is 13.5. The number of amides is 1. The van der Waals surface area contributed by atoms with Crippen LogP contribution in [0.1, 0.15) is 142 Å². The van der Waals surface area contributed by atoms with E-state index in [-0.39, 0.29) is 60.9 Å². The monoisotopic (exact) mass is 1200 g/mol. The average molecular weight is 1200 g/mol. The van der Waals surface area contributed by atoms with Crippen molar-refractivity contribution >= 4 is 29.2 Å². The van der Waals surface area contributed by atoms with E-state index in [1.54, 1.807) is 41.1 Å². The highest BCUT2D eigenvalue weighted by Crippen LogP contribution is 2.42. The number of esters is 1. The molecule has 15 heteroatoms. The Kier molecular flexibility index (Phi) is 25.8. The van der Waals surface area contributed by atoms with E-state index in [0.717, 1.165) is 28.7 Å². The standard InChI is InChI=1S/C72H97NO14/c1-47-25-15-11-16-26-48(2)62(81-8)45-58-36-34-53(7)72(80,87-58)68(77)69(78)73-38-24-23-33-59(73)70(79)86-63(46-60(74)49(3)42-52(6)66(76)67(83-10)65(75)51(5)41-47)50(4)43-54-35-37-61(64(44-54)82-9)84-39-40-85-71(55-27-17-12-18-28-55,56-29-19-13-20-30-56)57-31-21-14-22-32-57/h11-22,25-32,42,47,49-51,53-54,58-59,61-64,66-67,76,80H,23-24,33-41,43-46H2,1-10H3/b16-11?,25-15+,48-26?,52-42+/t47-,49-,50-,51-,53-,54+,58+,59+,61-,62+,63+,64-,66-,67+,72-/m1/s1. The highest BCUT2D eigenvalue weighted by atomic mass is 16.6. The van der Waals surface area contributed by atoms with Gasteiger partial charge >= 0.3 is 5.97 Å². The Morgan fingerprint density at radius 3 is 1.97 bits per heavy atom. The first-order valence-corrected chi connectivity index (χ1v) is 31.7. The van der Waals surface area contributed by atoms with Crippen molar-refractivity contribution < 1.29 is 67.3 Å². The predicted octanol–water partition coefficient (Wildman–Crippen LogP) is 11.2. The molecule has 3 aliphatic heterocycles. The third kappa shape index (κ3) is 17.4. The van der Waals surface area contributed by atoms with Crippen LogP contribution in [-0.2, 0) is 62.7 Å². The minimum Gasteiger partial charge on any atom is -0.460 e. The molecule has 15 nitrogen and oxygen atoms in total. The van der Waals surface area contributed by atoms with Crippen LogP contribution in [0.5, 0.6) is 0 Å². The van der Waals surface area contributed by atoms with Crippen LogP contribution >= 0.6 is 0 Å². The van der Waals surface area contributed by atoms with Gasteiger partial charge in [-0.1, -0.05) is 162 Å². The number of carbonyl (C=O) groups excluding carboxylic acids is 5. The zero-order valence-electron chi connectivity index (χ0n) is 53.1. The first-order valence-electron chi connectivity index (χ1n) is 31.7. The van der Waals surface area contributed by atoms with Crippen molar-refractivity contribution in [2.75, 3.05) is 41.1 Å². The lowest BCUT2D eigenvalue weighted by Crippen LogP contribution is -2.61. The fraction of sp³-hybridized carbons (Fsp3) is 0.569. The van der Waals surface area contributed by atoms with Crippen LogP contribution in [-0.4, -0.2) is 140 Å². The molecule has 0 spiro atoms. The molecule has 0 unspecified atom stereocenters. The van der Waals surface area contributed by atoms with Crippen LogP contribution in [0.2, 0.25) is 0 Å². The van der Waals surface area contributed by atoms with Gasteiger partial charge < -0.3 is 48.3 Å². The number of piperidine rings is 1. The Balaban J connectivity index is 1.11. The van der Waals surface area contributed by atoms with Crippen molar-refractivity contribution in [3.63, 3.8) is 0 Å². The van der Waals surface area contributed by atoms with Gasteiger partial charge in [0, 0.05) is 58.5 Å². The van der Waals surface area contributed by atoms with Gasteiger partial charge in [0.2, 0.25) is 5.79 Å². The molecule has 3 aromatic rings. The van der Waals surface area contributed by atoms with Gasteiger partial charge in [0.15, 0.2) is 5.78 Å². The Morgan fingerprint density at radius 2 is 1.36 bits per heavy atom. The maximum absolute atomic E-state index is 14.8. The number of methoxy groups -OCH3 is 3. The molecule has 4 aliphatic rings. The van der Waals surface area contributed by atoms with Crippen molar-refractivity contribution in [3.8, 4) is 0 Å². The summed E-state index contributed by atoms with van der Waals surface area (Å²) in [4.78, 5) is 73.5. The van der Waals surface area contributed by atoms with E-state index >= 15 is 0 Å². The molecule has 1 saturated carbocycles. The Bertz CT molecular complexity index is 2740. The second-order valence-corrected chi connectivity index (χ2v) is 25.1. The van der Waals surface area contributed by atoms with Crippen LogP contribution in [0.4, 0.5) is 0 Å². The van der Waals surface area contributed by atoms with Crippen molar-refractivity contribution in [2.45, 2.75) is 186 Å². The Labute approximate surface area is 516 Å². The van der Waals surface area contributed by atoms with Crippen molar-refractivity contribution in [2.24, 2.45) is 35.5 Å². The lowest BCUT2D eigenvalue weighted by molar-refractivity contribution is -0.265. The summed E-state index contributed by atoms with van der Waals surface area (Å²) in [5.41, 5.74) is 3.35. The van der Waals surface area contributed by atoms with E-state index in [0.29, 0.717) is 76.6 Å². The highest BCUT2D eigenvalue weighted by Gasteiger charge is 2.53. The summed E-state index contributed by atoms with van der Waals surface area (Å²) >= 11 is 0. The van der Waals surface area contributed by atoms with E-state index < -0.39 is 83.4 Å². The molecule has 2 bridgehead atoms. The molecule has 474 valence electrons. The van der Waals surface area contributed by atoms with Crippen LogP contribution < -0.4 is 0 Å². The number of hydrogen-bond acceptors (Lipinski definition) is 14. The van der Waals surface area contributed by atoms with E-state index in [4.69, 9.17) is 33.2 Å². The summed E-state index contributed by atoms with van der Waals surface area (Å²) in [7, 11) is 4.66. The number of ether oxygens (including phenoxy) is 7. The molecule has 3 fully saturated rings. The summed E-state index contributed by atoms with van der Waals surface area (Å²) in [6, 6.07) is 29.5. The molecule has 3 heterocycles. The third-order valence-electron chi connectivity index (χ3n) is 18.7. The van der Waals surface area contributed by atoms with Gasteiger partial charge in [0.05, 0.1) is 37.6 Å². The van der Waals surface area contributed by atoms with E-state index in [9.17, 15) is 34.2 Å². The van der Waals surface area contributed by atoms with E-state index in [1.165, 1.54) is 12.0 Å². The SMILES string of the molecule is CO[C@H]1C[C@@H]2CC[C@@H](C)[C@@](O)(O2)C(=O)C(=O)N2CCCC[C@H]2C(=O)O[C@H]([C@H](C)C[C@@H]2CC[C@@H](OCCOC(c3ccccc3)(c3ccccc3)c3ccccc3)[C@H](OC)C2)CC(=O)[C@H](C)/C=C(\C)[C@@H](O)[C@@H](OC)C(=O)[C@H](C)C[C@H](C)/C=C/C=CC=C1C. The van der Waals surface area contributed by atoms with Gasteiger partial charge in [-0.15, -0.1) is 0 Å². The maximum atomic E-state index is 14.8. The lowest BCUT2D eigenvalue weighted by atomic mass is 9.78. The van der Waals surface area contributed by atoms with Gasteiger partial charge in [-0.3, -0.25) is 19.2 Å². The molecule has 87 heavy (non-hydrogen) atoms. The summed E-state index contributed by atoms with van der Waals surface area (Å²) in [6.07, 6.45) is 11.7. The molecule has 0 radical (unpaired) electrons. The minimum atomic E-state index is -2.45. The van der Waals surface area contributed by atoms with Crippen molar-refractivity contribution in [1.82, 2.24) is 4.90 Å². The molecule has 0 aromatic heterocycles. The predicted molar refractivity (Wildman–Crippen MR) is 334 cm³/mol. The molecular weight excluding hydrogens is 1100 g/mol. The highest BCUT2D eigenvalue weighted by molar-refractivity contribution is 6.39. The maximum Gasteiger partial charge on any atom is 0.329 e. The summed E-state index contributed by atoms with van der Waals surface area (Å²) in [5, 5.41) is 23.8. The van der Waals surface area contributed by atoms with E-state index in [2.05, 4.69) is 36.4 Å². The second kappa shape index (κ2) is 32.6. The van der Waals surface area contributed by atoms with E-state index in [1.807, 2.05) is 113 Å². The normalized spacial score (nSPS) is 32.3. The fourth-order valence-electron chi connectivity index (χ4n) is 13.5. The molecule has 7 rings (SSSR count). The molecule has 1 amide bonds. The van der Waals surface area contributed by atoms with Crippen LogP contribution in [0, 0.1) is 35.5 Å². The van der Waals surface area contributed by atoms with Gasteiger partial charge in [0.25, 0.3) is 11.7 Å². The average Bonchev–Trinajstić information content (AvgIpc) is 1.41. The van der Waals surface area contributed by atoms with Crippen LogP contribution in [0.25, 0.3) is 0 Å². The van der Waals surface area contributed by atoms with Gasteiger partial charge in [-0.25, -0.2) is 4.79 Å². The number of aliphatic hydroxyl groups is 2. The zero-order valence-corrected chi connectivity index (χ0v) is 53.1. The van der Waals surface area contributed by atoms with Crippen LogP contribution in [0.3, 0.4) is 0 Å². The number of carbonyl (C=O) groups is 5. The molecule has 2 saturated heterocycles. The Hall–Kier alpha value is -5.75. The minimum absolute atomic E-state index is 0.00433. The molecule has 1 aliphatic carbocycles. The number of cyclic esters (lactones) is 1. The number of aliphatic hydroxyl groups excluding tert-OH is 1. The molecule has 15 atom stereocenters. The number of hydrogen-bond donors (Lipinski definition) is 2. The summed E-state index contributed by atoms with van der Waals surface area (Å²) in [5.74, 6) is -8.13.